The summed E-state index contributed by atoms with van der Waals surface area (Å²) in [7, 11) is 5.80. The molecular weight excluding hydrogens is 512 g/mol. The molecule has 0 heterocycles. The number of ether oxygens (including phenoxy) is 1. The van der Waals surface area contributed by atoms with Crippen LogP contribution in [0, 0.1) is 5.41 Å². The predicted octanol–water partition coefficient (Wildman–Crippen LogP) is 7.08. The second kappa shape index (κ2) is 14.5. The number of hydrogen-bond donors (Lipinski definition) is 2. The quantitative estimate of drug-likeness (QED) is 0.128. The standard InChI is InChI=1S/C30H41BrN4O/c1-22(2)29(34(4)5)10-8-7-9-19-35(30(32)33)21-23(3)28(20-24-11-15-26(31)16-12-24)25-13-17-27(36-6)18-14-25/h8,10-18,21,28H,7,9,19-20H2,1-6H3,(H3,32,33)/b10-8-,23-21+. The number of benzene rings is 2. The smallest absolute Gasteiger partial charge is 0.192 e. The summed E-state index contributed by atoms with van der Waals surface area (Å²) >= 11 is 3.53. The van der Waals surface area contributed by atoms with E-state index in [-0.39, 0.29) is 11.9 Å². The van der Waals surface area contributed by atoms with Crippen LogP contribution in [0.1, 0.15) is 50.7 Å². The third-order valence-corrected chi connectivity index (χ3v) is 6.66. The molecule has 0 bridgehead atoms. The highest BCUT2D eigenvalue weighted by Gasteiger charge is 2.17. The molecule has 0 spiro atoms. The predicted molar refractivity (Wildman–Crippen MR) is 156 cm³/mol. The zero-order valence-electron chi connectivity index (χ0n) is 22.5. The lowest BCUT2D eigenvalue weighted by Crippen LogP contribution is -2.33. The summed E-state index contributed by atoms with van der Waals surface area (Å²) in [6.07, 6.45) is 9.09. The van der Waals surface area contributed by atoms with E-state index < -0.39 is 0 Å². The second-order valence-corrected chi connectivity index (χ2v) is 10.3. The number of nitrogens with zero attached hydrogens (tertiary/aromatic N) is 2. The molecule has 2 aromatic carbocycles. The van der Waals surface area contributed by atoms with Crippen molar-refractivity contribution in [3.63, 3.8) is 0 Å². The Labute approximate surface area is 226 Å². The van der Waals surface area contributed by atoms with Crippen molar-refractivity contribution in [1.82, 2.24) is 9.80 Å². The van der Waals surface area contributed by atoms with Crippen LogP contribution in [0.25, 0.3) is 0 Å². The fourth-order valence-corrected chi connectivity index (χ4v) is 4.43. The van der Waals surface area contributed by atoms with Crippen LogP contribution < -0.4 is 10.5 Å². The van der Waals surface area contributed by atoms with Crippen molar-refractivity contribution < 1.29 is 4.74 Å². The molecule has 2 aromatic rings. The summed E-state index contributed by atoms with van der Waals surface area (Å²) in [6, 6.07) is 16.7. The van der Waals surface area contributed by atoms with E-state index in [0.717, 1.165) is 35.1 Å². The zero-order valence-corrected chi connectivity index (χ0v) is 24.1. The Morgan fingerprint density at radius 1 is 1.06 bits per heavy atom. The van der Waals surface area contributed by atoms with E-state index in [1.807, 2.05) is 23.2 Å². The lowest BCUT2D eigenvalue weighted by molar-refractivity contribution is 0.414. The summed E-state index contributed by atoms with van der Waals surface area (Å²) in [5, 5.41) is 8.15. The number of methoxy groups -OCH3 is 1. The lowest BCUT2D eigenvalue weighted by atomic mass is 9.86. The van der Waals surface area contributed by atoms with Crippen molar-refractivity contribution in [2.24, 2.45) is 5.73 Å². The first-order chi connectivity index (χ1) is 17.1. The highest BCUT2D eigenvalue weighted by molar-refractivity contribution is 9.10. The average molecular weight is 554 g/mol. The van der Waals surface area contributed by atoms with Gasteiger partial charge in [0, 0.05) is 42.9 Å². The molecule has 1 atom stereocenters. The van der Waals surface area contributed by atoms with Crippen molar-refractivity contribution >= 4 is 21.9 Å². The van der Waals surface area contributed by atoms with Crippen LogP contribution in [0.4, 0.5) is 0 Å². The third kappa shape index (κ3) is 9.23. The molecular formula is C30H41BrN4O. The summed E-state index contributed by atoms with van der Waals surface area (Å²) in [4.78, 5) is 3.99. The lowest BCUT2D eigenvalue weighted by Gasteiger charge is -2.24. The first-order valence-corrected chi connectivity index (χ1v) is 13.1. The molecule has 0 aliphatic carbocycles. The van der Waals surface area contributed by atoms with Crippen LogP contribution in [0.15, 0.2) is 88.2 Å². The van der Waals surface area contributed by atoms with E-state index in [4.69, 9.17) is 15.9 Å². The monoisotopic (exact) mass is 552 g/mol. The number of allylic oxidation sites excluding steroid dienone is 4. The summed E-state index contributed by atoms with van der Waals surface area (Å²) in [5.74, 6) is 1.06. The molecule has 3 N–H and O–H groups in total. The van der Waals surface area contributed by atoms with Crippen LogP contribution in [0.3, 0.4) is 0 Å². The molecule has 2 rings (SSSR count). The molecule has 5 nitrogen and oxygen atoms in total. The van der Waals surface area contributed by atoms with Gasteiger partial charge in [0.2, 0.25) is 0 Å². The number of hydrogen-bond acceptors (Lipinski definition) is 3. The minimum Gasteiger partial charge on any atom is -0.497 e. The number of unbranched alkanes of at least 4 members (excludes halogenated alkanes) is 1. The number of halogens is 1. The Hall–Kier alpha value is -2.99. The van der Waals surface area contributed by atoms with E-state index in [0.29, 0.717) is 6.54 Å². The van der Waals surface area contributed by atoms with Crippen molar-refractivity contribution in [2.75, 3.05) is 27.7 Å². The fourth-order valence-electron chi connectivity index (χ4n) is 4.16. The Kier molecular flexibility index (Phi) is 11.8. The maximum Gasteiger partial charge on any atom is 0.192 e. The van der Waals surface area contributed by atoms with Gasteiger partial charge in [0.25, 0.3) is 0 Å². The van der Waals surface area contributed by atoms with Gasteiger partial charge in [-0.3, -0.25) is 5.41 Å². The number of guanidine groups is 1. The van der Waals surface area contributed by atoms with Crippen molar-refractivity contribution in [2.45, 2.75) is 46.0 Å². The Balaban J connectivity index is 2.20. The molecule has 1 unspecified atom stereocenters. The SMILES string of the molecule is COc1ccc(C(Cc2ccc(Br)cc2)/C(C)=C/N(CCC/C=C\C(=C(C)C)N(C)C)C(=N)N)cc1. The molecule has 6 heteroatoms. The van der Waals surface area contributed by atoms with Gasteiger partial charge in [0.1, 0.15) is 5.75 Å². The first-order valence-electron chi connectivity index (χ1n) is 12.3. The fraction of sp³-hybridized carbons (Fsp3) is 0.367. The van der Waals surface area contributed by atoms with Gasteiger partial charge in [-0.1, -0.05) is 51.8 Å². The van der Waals surface area contributed by atoms with E-state index in [1.165, 1.54) is 22.4 Å². The molecule has 194 valence electrons. The zero-order chi connectivity index (χ0) is 26.7. The second-order valence-electron chi connectivity index (χ2n) is 9.43. The molecule has 0 aliphatic rings. The topological polar surface area (TPSA) is 65.6 Å². The molecule has 0 fully saturated rings. The number of nitrogens with one attached hydrogen (secondary N) is 1. The molecule has 0 amide bonds. The van der Waals surface area contributed by atoms with E-state index in [9.17, 15) is 0 Å². The van der Waals surface area contributed by atoms with Gasteiger partial charge in [-0.2, -0.15) is 0 Å². The van der Waals surface area contributed by atoms with Crippen molar-refractivity contribution in [1.29, 1.82) is 5.41 Å². The van der Waals surface area contributed by atoms with Gasteiger partial charge in [-0.05, 0) is 87.1 Å². The largest absolute Gasteiger partial charge is 0.497 e. The van der Waals surface area contributed by atoms with Gasteiger partial charge >= 0.3 is 0 Å². The third-order valence-electron chi connectivity index (χ3n) is 6.13. The van der Waals surface area contributed by atoms with Gasteiger partial charge in [0.15, 0.2) is 5.96 Å². The molecule has 0 saturated carbocycles. The van der Waals surface area contributed by atoms with Gasteiger partial charge in [0.05, 0.1) is 7.11 Å². The molecule has 0 radical (unpaired) electrons. The number of rotatable bonds is 12. The first kappa shape index (κ1) is 29.2. The number of likely N-dealkylation sites (N-methyl/N-ethyl adjacent to an activating group) is 1. The molecule has 0 aromatic heterocycles. The Morgan fingerprint density at radius 2 is 1.69 bits per heavy atom. The van der Waals surface area contributed by atoms with E-state index >= 15 is 0 Å². The van der Waals surface area contributed by atoms with Crippen LogP contribution in [0.5, 0.6) is 5.75 Å². The van der Waals surface area contributed by atoms with Gasteiger partial charge < -0.3 is 20.3 Å². The minimum absolute atomic E-state index is 0.0636. The average Bonchev–Trinajstić information content (AvgIpc) is 2.84. The summed E-state index contributed by atoms with van der Waals surface area (Å²) in [5.41, 5.74) is 12.1. The highest BCUT2D eigenvalue weighted by atomic mass is 79.9. The molecule has 0 saturated heterocycles. The Morgan fingerprint density at radius 3 is 2.22 bits per heavy atom. The number of nitrogens with two attached hydrogens (primary N) is 1. The maximum atomic E-state index is 8.15. The van der Waals surface area contributed by atoms with Crippen molar-refractivity contribution in [3.8, 4) is 5.75 Å². The van der Waals surface area contributed by atoms with Crippen LogP contribution >= 0.6 is 15.9 Å². The molecule has 36 heavy (non-hydrogen) atoms. The normalized spacial score (nSPS) is 12.4. The maximum absolute atomic E-state index is 8.15. The summed E-state index contributed by atoms with van der Waals surface area (Å²) in [6.45, 7) is 7.06. The highest BCUT2D eigenvalue weighted by Crippen LogP contribution is 2.30. The summed E-state index contributed by atoms with van der Waals surface area (Å²) < 4.78 is 6.43. The van der Waals surface area contributed by atoms with Crippen LogP contribution in [-0.4, -0.2) is 43.5 Å². The molecule has 0 aliphatic heterocycles. The van der Waals surface area contributed by atoms with E-state index in [1.54, 1.807) is 7.11 Å². The minimum atomic E-state index is 0.0636. The van der Waals surface area contributed by atoms with Crippen LogP contribution in [-0.2, 0) is 6.42 Å². The van der Waals surface area contributed by atoms with Crippen molar-refractivity contribution in [3.05, 3.63) is 99.3 Å². The van der Waals surface area contributed by atoms with E-state index in [2.05, 4.69) is 104 Å². The van der Waals surface area contributed by atoms with Gasteiger partial charge in [-0.15, -0.1) is 0 Å². The van der Waals surface area contributed by atoms with Crippen LogP contribution in [0.2, 0.25) is 0 Å². The van der Waals surface area contributed by atoms with Gasteiger partial charge in [-0.25, -0.2) is 0 Å². The Bertz CT molecular complexity index is 1070.